The zero-order chi connectivity index (χ0) is 16.8. The maximum atomic E-state index is 12.4. The van der Waals surface area contributed by atoms with Crippen LogP contribution in [0.15, 0.2) is 42.5 Å². The normalized spacial score (nSPS) is 20.0. The van der Waals surface area contributed by atoms with E-state index in [1.807, 2.05) is 30.3 Å². The van der Waals surface area contributed by atoms with Gasteiger partial charge in [-0.25, -0.2) is 9.59 Å². The van der Waals surface area contributed by atoms with Gasteiger partial charge in [0, 0.05) is 5.57 Å². The van der Waals surface area contributed by atoms with Crippen LogP contribution in [0.2, 0.25) is 0 Å². The van der Waals surface area contributed by atoms with E-state index in [9.17, 15) is 14.4 Å². The summed E-state index contributed by atoms with van der Waals surface area (Å²) in [6, 6.07) is 7.90. The molecule has 2 rings (SSSR count). The Bertz CT molecular complexity index is 598. The highest BCUT2D eigenvalue weighted by Gasteiger charge is 2.43. The third-order valence-electron chi connectivity index (χ3n) is 3.85. The van der Waals surface area contributed by atoms with Crippen molar-refractivity contribution in [2.24, 2.45) is 0 Å². The van der Waals surface area contributed by atoms with Crippen molar-refractivity contribution in [3.05, 3.63) is 48.0 Å². The predicted molar refractivity (Wildman–Crippen MR) is 82.5 cm³/mol. The minimum atomic E-state index is -0.759. The van der Waals surface area contributed by atoms with Crippen LogP contribution in [-0.2, 0) is 25.7 Å². The Kier molecular flexibility index (Phi) is 5.51. The molecule has 1 amide bonds. The summed E-state index contributed by atoms with van der Waals surface area (Å²) in [4.78, 5) is 36.5. The fourth-order valence-electron chi connectivity index (χ4n) is 2.67. The van der Waals surface area contributed by atoms with Crippen molar-refractivity contribution in [1.82, 2.24) is 4.90 Å². The number of rotatable bonds is 5. The summed E-state index contributed by atoms with van der Waals surface area (Å²) in [5.41, 5.74) is 1.08. The predicted octanol–water partition coefficient (Wildman–Crippen LogP) is 2.08. The fraction of sp³-hybridized carbons (Fsp3) is 0.353. The first-order valence-electron chi connectivity index (χ1n) is 7.29. The number of benzene rings is 1. The molecule has 0 unspecified atom stereocenters. The first-order valence-corrected chi connectivity index (χ1v) is 7.29. The lowest BCUT2D eigenvalue weighted by Gasteiger charge is -2.28. The van der Waals surface area contributed by atoms with Crippen LogP contribution in [0, 0.1) is 0 Å². The molecule has 0 spiro atoms. The van der Waals surface area contributed by atoms with Gasteiger partial charge >= 0.3 is 12.1 Å². The molecule has 0 N–H and O–H groups in total. The molecule has 0 radical (unpaired) electrons. The van der Waals surface area contributed by atoms with E-state index in [4.69, 9.17) is 9.47 Å². The van der Waals surface area contributed by atoms with Crippen molar-refractivity contribution in [2.75, 3.05) is 7.11 Å². The number of hydrogen-bond donors (Lipinski definition) is 0. The fourth-order valence-corrected chi connectivity index (χ4v) is 2.67. The number of carbonyl (C=O) groups excluding carboxylic acids is 3. The van der Waals surface area contributed by atoms with Crippen molar-refractivity contribution < 1.29 is 23.9 Å². The van der Waals surface area contributed by atoms with Crippen molar-refractivity contribution in [2.45, 2.75) is 31.5 Å². The van der Waals surface area contributed by atoms with Gasteiger partial charge in [-0.1, -0.05) is 36.9 Å². The minimum absolute atomic E-state index is 0.0877. The first kappa shape index (κ1) is 16.7. The van der Waals surface area contributed by atoms with E-state index < -0.39 is 24.1 Å². The van der Waals surface area contributed by atoms with Gasteiger partial charge in [0.05, 0.1) is 13.2 Å². The molecule has 6 nitrogen and oxygen atoms in total. The number of amides is 1. The van der Waals surface area contributed by atoms with Gasteiger partial charge < -0.3 is 9.47 Å². The highest BCUT2D eigenvalue weighted by molar-refractivity contribution is 5.84. The Morgan fingerprint density at radius 2 is 1.91 bits per heavy atom. The number of carbonyl (C=O) groups is 3. The zero-order valence-electron chi connectivity index (χ0n) is 12.9. The smallest absolute Gasteiger partial charge is 0.411 e. The van der Waals surface area contributed by atoms with Crippen LogP contribution in [0.1, 0.15) is 18.4 Å². The number of nitrogens with zero attached hydrogens (tertiary/aromatic N) is 1. The molecule has 1 aliphatic rings. The third kappa shape index (κ3) is 3.77. The first-order chi connectivity index (χ1) is 11.1. The lowest BCUT2D eigenvalue weighted by atomic mass is 10.1. The molecule has 0 bridgehead atoms. The van der Waals surface area contributed by atoms with E-state index in [2.05, 4.69) is 6.58 Å². The molecule has 1 aliphatic heterocycles. The van der Waals surface area contributed by atoms with E-state index >= 15 is 0 Å². The molecule has 2 atom stereocenters. The van der Waals surface area contributed by atoms with E-state index in [0.717, 1.165) is 5.56 Å². The second-order valence-electron chi connectivity index (χ2n) is 5.27. The van der Waals surface area contributed by atoms with Crippen molar-refractivity contribution in [3.63, 3.8) is 0 Å². The highest BCUT2D eigenvalue weighted by atomic mass is 16.6. The second kappa shape index (κ2) is 7.58. The Labute approximate surface area is 134 Å². The summed E-state index contributed by atoms with van der Waals surface area (Å²) in [6.07, 6.45) is 0.819. The molecular formula is C17H19NO5. The quantitative estimate of drug-likeness (QED) is 0.472. The average Bonchev–Trinajstić information content (AvgIpc) is 3.04. The lowest BCUT2D eigenvalue weighted by molar-refractivity contribution is -0.145. The van der Waals surface area contributed by atoms with Gasteiger partial charge in [-0.15, -0.1) is 0 Å². The third-order valence-corrected chi connectivity index (χ3v) is 3.85. The summed E-state index contributed by atoms with van der Waals surface area (Å²) in [5.74, 6) is -0.525. The molecule has 0 saturated carbocycles. The largest absolute Gasteiger partial charge is 0.467 e. The van der Waals surface area contributed by atoms with E-state index in [0.29, 0.717) is 19.1 Å². The van der Waals surface area contributed by atoms with Gasteiger partial charge in [-0.05, 0) is 18.4 Å². The lowest BCUT2D eigenvalue weighted by Crippen LogP contribution is -2.46. The van der Waals surface area contributed by atoms with Crippen molar-refractivity contribution in [1.29, 1.82) is 0 Å². The molecule has 1 saturated heterocycles. The number of ether oxygens (including phenoxy) is 2. The van der Waals surface area contributed by atoms with Gasteiger partial charge in [0.1, 0.15) is 18.9 Å². The summed E-state index contributed by atoms with van der Waals surface area (Å²) in [5, 5.41) is 0. The maximum absolute atomic E-state index is 12.4. The monoisotopic (exact) mass is 317 g/mol. The van der Waals surface area contributed by atoms with Crippen LogP contribution in [-0.4, -0.2) is 42.4 Å². The summed E-state index contributed by atoms with van der Waals surface area (Å²) >= 11 is 0. The SMILES string of the molecule is C=C(C=O)[C@@H]1CC[C@@H](C(=O)OC)N1C(=O)OCc1ccccc1. The molecule has 0 aliphatic carbocycles. The molecular weight excluding hydrogens is 298 g/mol. The van der Waals surface area contributed by atoms with Crippen molar-refractivity contribution >= 4 is 18.3 Å². The Morgan fingerprint density at radius 1 is 1.26 bits per heavy atom. The molecule has 1 aromatic carbocycles. The van der Waals surface area contributed by atoms with Crippen LogP contribution >= 0.6 is 0 Å². The number of methoxy groups -OCH3 is 1. The van der Waals surface area contributed by atoms with Gasteiger partial charge in [-0.2, -0.15) is 0 Å². The number of likely N-dealkylation sites (tertiary alicyclic amines) is 1. The molecule has 122 valence electrons. The number of hydrogen-bond acceptors (Lipinski definition) is 5. The van der Waals surface area contributed by atoms with Gasteiger partial charge in [0.2, 0.25) is 0 Å². The van der Waals surface area contributed by atoms with Crippen LogP contribution < -0.4 is 0 Å². The van der Waals surface area contributed by atoms with Crippen molar-refractivity contribution in [3.8, 4) is 0 Å². The Hall–Kier alpha value is -2.63. The minimum Gasteiger partial charge on any atom is -0.467 e. The van der Waals surface area contributed by atoms with E-state index in [1.54, 1.807) is 0 Å². The van der Waals surface area contributed by atoms with E-state index in [1.165, 1.54) is 12.0 Å². The summed E-state index contributed by atoms with van der Waals surface area (Å²) in [6.45, 7) is 3.74. The topological polar surface area (TPSA) is 72.9 Å². The van der Waals surface area contributed by atoms with Crippen LogP contribution in [0.25, 0.3) is 0 Å². The molecule has 1 heterocycles. The van der Waals surface area contributed by atoms with Crippen LogP contribution in [0.4, 0.5) is 4.79 Å². The summed E-state index contributed by atoms with van der Waals surface area (Å²) < 4.78 is 10.0. The summed E-state index contributed by atoms with van der Waals surface area (Å²) in [7, 11) is 1.26. The van der Waals surface area contributed by atoms with Crippen LogP contribution in [0.5, 0.6) is 0 Å². The molecule has 0 aromatic heterocycles. The second-order valence-corrected chi connectivity index (χ2v) is 5.27. The van der Waals surface area contributed by atoms with E-state index in [-0.39, 0.29) is 12.2 Å². The molecule has 1 fully saturated rings. The Morgan fingerprint density at radius 3 is 2.52 bits per heavy atom. The van der Waals surface area contributed by atoms with Gasteiger partial charge in [0.25, 0.3) is 0 Å². The van der Waals surface area contributed by atoms with Crippen LogP contribution in [0.3, 0.4) is 0 Å². The maximum Gasteiger partial charge on any atom is 0.411 e. The van der Waals surface area contributed by atoms with Gasteiger partial charge in [0.15, 0.2) is 0 Å². The number of esters is 1. The van der Waals surface area contributed by atoms with Gasteiger partial charge in [-0.3, -0.25) is 9.69 Å². The number of aldehydes is 1. The Balaban J connectivity index is 2.12. The standard InChI is InChI=1S/C17H19NO5/c1-12(10-19)14-8-9-15(16(20)22-2)18(14)17(21)23-11-13-6-4-3-5-7-13/h3-7,10,14-15H,1,8-9,11H2,2H3/t14-,15-/m0/s1. The molecule has 6 heteroatoms. The average molecular weight is 317 g/mol. The highest BCUT2D eigenvalue weighted by Crippen LogP contribution is 2.29. The molecule has 1 aromatic rings. The zero-order valence-corrected chi connectivity index (χ0v) is 12.9. The molecule has 23 heavy (non-hydrogen) atoms.